The molecule has 0 aliphatic carbocycles. The topological polar surface area (TPSA) is 45.4 Å². The fraction of sp³-hybridized carbons (Fsp3) is 0.643. The highest BCUT2D eigenvalue weighted by atomic mass is 35.5. The number of halogens is 1. The molecule has 1 fully saturated rings. The lowest BCUT2D eigenvalue weighted by Crippen LogP contribution is -2.53. The number of anilines is 1. The Hall–Kier alpha value is -0.840. The lowest BCUT2D eigenvalue weighted by Gasteiger charge is -2.42. The number of nitrogen functional groups attached to an aromatic ring is 1. The molecule has 4 nitrogen and oxygen atoms in total. The van der Waals surface area contributed by atoms with Crippen LogP contribution < -0.4 is 5.73 Å². The van der Waals surface area contributed by atoms with Gasteiger partial charge >= 0.3 is 0 Å². The third-order valence-corrected chi connectivity index (χ3v) is 3.98. The molecule has 1 aromatic rings. The van der Waals surface area contributed by atoms with Crippen LogP contribution in [0.5, 0.6) is 0 Å². The van der Waals surface area contributed by atoms with Gasteiger partial charge in [-0.3, -0.25) is 9.80 Å². The maximum Gasteiger partial charge on any atom is 0.123 e. The van der Waals surface area contributed by atoms with Gasteiger partial charge in [-0.2, -0.15) is 0 Å². The predicted molar refractivity (Wildman–Crippen MR) is 80.3 cm³/mol. The van der Waals surface area contributed by atoms with E-state index in [4.69, 9.17) is 17.3 Å². The molecule has 0 aromatic carbocycles. The molecule has 1 aromatic heterocycles. The number of hydrogen-bond acceptors (Lipinski definition) is 4. The second-order valence-corrected chi connectivity index (χ2v) is 6.51. The number of nitrogens with two attached hydrogens (primary N) is 1. The van der Waals surface area contributed by atoms with Gasteiger partial charge in [0, 0.05) is 38.3 Å². The van der Waals surface area contributed by atoms with Crippen LogP contribution in [0.25, 0.3) is 0 Å². The van der Waals surface area contributed by atoms with E-state index in [1.165, 1.54) is 0 Å². The maximum absolute atomic E-state index is 6.16. The number of hydrogen-bond donors (Lipinski definition) is 1. The van der Waals surface area contributed by atoms with Gasteiger partial charge in [0.25, 0.3) is 0 Å². The molecule has 0 atom stereocenters. The Bertz CT molecular complexity index is 434. The van der Waals surface area contributed by atoms with E-state index in [0.717, 1.165) is 38.4 Å². The van der Waals surface area contributed by atoms with E-state index in [1.54, 1.807) is 6.07 Å². The van der Waals surface area contributed by atoms with Gasteiger partial charge in [-0.25, -0.2) is 4.98 Å². The van der Waals surface area contributed by atoms with Crippen molar-refractivity contribution in [3.63, 3.8) is 0 Å². The molecule has 0 saturated carbocycles. The first-order valence-electron chi connectivity index (χ1n) is 6.74. The van der Waals surface area contributed by atoms with Gasteiger partial charge in [0.1, 0.15) is 5.82 Å². The summed E-state index contributed by atoms with van der Waals surface area (Å²) in [7, 11) is 0. The van der Waals surface area contributed by atoms with Gasteiger partial charge in [-0.1, -0.05) is 11.6 Å². The van der Waals surface area contributed by atoms with E-state index >= 15 is 0 Å². The maximum atomic E-state index is 6.16. The van der Waals surface area contributed by atoms with Crippen LogP contribution in [-0.4, -0.2) is 46.5 Å². The Balaban J connectivity index is 1.94. The summed E-state index contributed by atoms with van der Waals surface area (Å²) in [5.74, 6) is 0.535. The summed E-state index contributed by atoms with van der Waals surface area (Å²) < 4.78 is 0. The van der Waals surface area contributed by atoms with Gasteiger partial charge in [0.2, 0.25) is 0 Å². The van der Waals surface area contributed by atoms with Gasteiger partial charge in [-0.15, -0.1) is 0 Å². The summed E-state index contributed by atoms with van der Waals surface area (Å²) in [5.41, 5.74) is 6.84. The molecule has 2 heterocycles. The molecule has 0 radical (unpaired) electrons. The van der Waals surface area contributed by atoms with E-state index in [2.05, 4.69) is 35.6 Å². The molecular weight excluding hydrogens is 260 g/mol. The van der Waals surface area contributed by atoms with E-state index in [1.807, 2.05) is 6.07 Å². The first-order chi connectivity index (χ1) is 8.86. The second-order valence-electron chi connectivity index (χ2n) is 6.10. The highest BCUT2D eigenvalue weighted by Gasteiger charge is 2.26. The standard InChI is InChI=1S/C14H23ClN4/c1-14(2,3)19-8-6-18(7-9-19)10-12-11(15)4-5-13(16)17-12/h4-5H,6-10H2,1-3H3,(H2,16,17). The van der Waals surface area contributed by atoms with Crippen molar-refractivity contribution in [2.75, 3.05) is 31.9 Å². The number of nitrogens with zero attached hydrogens (tertiary/aromatic N) is 3. The molecule has 0 unspecified atom stereocenters. The SMILES string of the molecule is CC(C)(C)N1CCN(Cc2nc(N)ccc2Cl)CC1. The van der Waals surface area contributed by atoms with E-state index in [0.29, 0.717) is 10.8 Å². The molecule has 1 saturated heterocycles. The number of aromatic nitrogens is 1. The molecule has 0 bridgehead atoms. The summed E-state index contributed by atoms with van der Waals surface area (Å²) >= 11 is 6.16. The van der Waals surface area contributed by atoms with Crippen LogP contribution in [0.2, 0.25) is 5.02 Å². The fourth-order valence-corrected chi connectivity index (χ4v) is 2.57. The Labute approximate surface area is 120 Å². The quantitative estimate of drug-likeness (QED) is 0.904. The Morgan fingerprint density at radius 1 is 1.21 bits per heavy atom. The van der Waals surface area contributed by atoms with Crippen molar-refractivity contribution in [1.82, 2.24) is 14.8 Å². The van der Waals surface area contributed by atoms with E-state index < -0.39 is 0 Å². The molecule has 0 spiro atoms. The summed E-state index contributed by atoms with van der Waals surface area (Å²) in [6.07, 6.45) is 0. The molecule has 1 aliphatic heterocycles. The van der Waals surface area contributed by atoms with Gasteiger partial charge in [0.15, 0.2) is 0 Å². The van der Waals surface area contributed by atoms with Crippen LogP contribution in [-0.2, 0) is 6.54 Å². The molecule has 0 amide bonds. The lowest BCUT2D eigenvalue weighted by atomic mass is 10.0. The smallest absolute Gasteiger partial charge is 0.123 e. The number of pyridine rings is 1. The van der Waals surface area contributed by atoms with Crippen LogP contribution in [0.15, 0.2) is 12.1 Å². The third-order valence-electron chi connectivity index (χ3n) is 3.63. The molecule has 2 rings (SSSR count). The van der Waals surface area contributed by atoms with Crippen molar-refractivity contribution in [1.29, 1.82) is 0 Å². The minimum Gasteiger partial charge on any atom is -0.384 e. The summed E-state index contributed by atoms with van der Waals surface area (Å²) in [5, 5.41) is 0.701. The first kappa shape index (κ1) is 14.6. The van der Waals surface area contributed by atoms with E-state index in [-0.39, 0.29) is 5.54 Å². The second kappa shape index (κ2) is 5.65. The van der Waals surface area contributed by atoms with Crippen LogP contribution in [0, 0.1) is 0 Å². The van der Waals surface area contributed by atoms with Crippen molar-refractivity contribution >= 4 is 17.4 Å². The minimum absolute atomic E-state index is 0.249. The Morgan fingerprint density at radius 3 is 2.42 bits per heavy atom. The number of piperazine rings is 1. The average Bonchev–Trinajstić information content (AvgIpc) is 2.33. The zero-order valence-corrected chi connectivity index (χ0v) is 12.7. The molecule has 2 N–H and O–H groups in total. The average molecular weight is 283 g/mol. The number of rotatable bonds is 2. The van der Waals surface area contributed by atoms with Crippen LogP contribution in [0.1, 0.15) is 26.5 Å². The molecular formula is C14H23ClN4. The monoisotopic (exact) mass is 282 g/mol. The first-order valence-corrected chi connectivity index (χ1v) is 7.12. The van der Waals surface area contributed by atoms with Crippen molar-refractivity contribution in [2.45, 2.75) is 32.9 Å². The van der Waals surface area contributed by atoms with Crippen molar-refractivity contribution in [2.24, 2.45) is 0 Å². The molecule has 1 aliphatic rings. The fourth-order valence-electron chi connectivity index (χ4n) is 2.40. The lowest BCUT2D eigenvalue weighted by molar-refractivity contribution is 0.0586. The third kappa shape index (κ3) is 3.81. The van der Waals surface area contributed by atoms with Gasteiger partial charge in [-0.05, 0) is 32.9 Å². The normalized spacial score (nSPS) is 18.7. The van der Waals surface area contributed by atoms with Gasteiger partial charge < -0.3 is 5.73 Å². The van der Waals surface area contributed by atoms with Crippen LogP contribution in [0.4, 0.5) is 5.82 Å². The summed E-state index contributed by atoms with van der Waals surface area (Å²) in [4.78, 5) is 9.22. The Morgan fingerprint density at radius 2 is 1.84 bits per heavy atom. The zero-order chi connectivity index (χ0) is 14.0. The zero-order valence-electron chi connectivity index (χ0n) is 12.0. The Kier molecular flexibility index (Phi) is 4.33. The predicted octanol–water partition coefficient (Wildman–Crippen LogP) is 2.23. The molecule has 106 valence electrons. The highest BCUT2D eigenvalue weighted by Crippen LogP contribution is 2.20. The molecule has 5 heteroatoms. The minimum atomic E-state index is 0.249. The van der Waals surface area contributed by atoms with E-state index in [9.17, 15) is 0 Å². The van der Waals surface area contributed by atoms with Crippen molar-refractivity contribution in [3.05, 3.63) is 22.8 Å². The van der Waals surface area contributed by atoms with Crippen molar-refractivity contribution < 1.29 is 0 Å². The van der Waals surface area contributed by atoms with Gasteiger partial charge in [0.05, 0.1) is 10.7 Å². The summed E-state index contributed by atoms with van der Waals surface area (Å²) in [6.45, 7) is 11.8. The largest absolute Gasteiger partial charge is 0.384 e. The molecule has 19 heavy (non-hydrogen) atoms. The van der Waals surface area contributed by atoms with Crippen LogP contribution in [0.3, 0.4) is 0 Å². The van der Waals surface area contributed by atoms with Crippen LogP contribution >= 0.6 is 11.6 Å². The summed E-state index contributed by atoms with van der Waals surface area (Å²) in [6, 6.07) is 3.56. The van der Waals surface area contributed by atoms with Crippen molar-refractivity contribution in [3.8, 4) is 0 Å². The highest BCUT2D eigenvalue weighted by molar-refractivity contribution is 6.31.